The molecule has 0 bridgehead atoms. The molecule has 2 aromatic heterocycles. The average molecular weight is 325 g/mol. The van der Waals surface area contributed by atoms with Crippen LogP contribution in [-0.4, -0.2) is 16.0 Å². The van der Waals surface area contributed by atoms with E-state index in [1.807, 2.05) is 53.9 Å². The van der Waals surface area contributed by atoms with Crippen molar-refractivity contribution < 1.29 is 9.32 Å². The Morgan fingerprint density at radius 3 is 2.83 bits per heavy atom. The van der Waals surface area contributed by atoms with Crippen LogP contribution in [0.1, 0.15) is 18.4 Å². The van der Waals surface area contributed by atoms with Crippen LogP contribution >= 0.6 is 11.3 Å². The highest BCUT2D eigenvalue weighted by atomic mass is 32.1. The van der Waals surface area contributed by atoms with Crippen LogP contribution in [0.2, 0.25) is 0 Å². The number of hydrogen-bond donors (Lipinski definition) is 1. The van der Waals surface area contributed by atoms with E-state index in [1.165, 1.54) is 11.3 Å². The van der Waals surface area contributed by atoms with Crippen molar-refractivity contribution in [1.29, 1.82) is 0 Å². The number of nitrogens with zero attached hydrogens (tertiary/aromatic N) is 2. The Morgan fingerprint density at radius 1 is 1.26 bits per heavy atom. The molecule has 0 aliphatic heterocycles. The number of carbonyl (C=O) groups is 1. The van der Waals surface area contributed by atoms with Crippen LogP contribution in [0.5, 0.6) is 0 Å². The molecule has 116 valence electrons. The van der Waals surface area contributed by atoms with Crippen LogP contribution in [0.15, 0.2) is 57.9 Å². The first-order valence-corrected chi connectivity index (χ1v) is 7.98. The molecule has 0 saturated heterocycles. The monoisotopic (exact) mass is 325 g/mol. The molecule has 0 saturated carbocycles. The maximum Gasteiger partial charge on any atom is 0.247 e. The highest BCUT2D eigenvalue weighted by Crippen LogP contribution is 2.21. The lowest BCUT2D eigenvalue weighted by Gasteiger charge is -2.02. The first kappa shape index (κ1) is 15.2. The van der Waals surface area contributed by atoms with Gasteiger partial charge in [-0.15, -0.1) is 11.3 Å². The maximum atomic E-state index is 12.1. The van der Waals surface area contributed by atoms with Crippen LogP contribution in [-0.2, 0) is 11.3 Å². The van der Waals surface area contributed by atoms with Gasteiger partial charge in [-0.05, 0) is 30.0 Å². The fraction of sp³-hybridized carbons (Fsp3) is 0.118. The molecule has 3 aromatic rings. The minimum atomic E-state index is -0.162. The van der Waals surface area contributed by atoms with Crippen LogP contribution in [0, 0.1) is 0 Å². The van der Waals surface area contributed by atoms with Crippen molar-refractivity contribution in [2.45, 2.75) is 13.5 Å². The fourth-order valence-corrected chi connectivity index (χ4v) is 2.64. The zero-order valence-corrected chi connectivity index (χ0v) is 13.3. The van der Waals surface area contributed by atoms with Gasteiger partial charge in [0.25, 0.3) is 0 Å². The number of amides is 1. The summed E-state index contributed by atoms with van der Waals surface area (Å²) in [6, 6.07) is 13.5. The van der Waals surface area contributed by atoms with Gasteiger partial charge in [-0.1, -0.05) is 41.6 Å². The number of aromatic nitrogens is 2. The maximum absolute atomic E-state index is 12.1. The Balaban J connectivity index is 1.60. The Labute approximate surface area is 137 Å². The van der Waals surface area contributed by atoms with Crippen LogP contribution < -0.4 is 5.32 Å². The number of nitrogens with one attached hydrogen (secondary N) is 1. The zero-order chi connectivity index (χ0) is 16.1. The fourth-order valence-electron chi connectivity index (χ4n) is 1.99. The normalized spacial score (nSPS) is 11.4. The summed E-state index contributed by atoms with van der Waals surface area (Å²) in [5.74, 6) is 0.764. The molecule has 0 unspecified atom stereocenters. The van der Waals surface area contributed by atoms with Gasteiger partial charge >= 0.3 is 0 Å². The molecule has 0 aliphatic carbocycles. The van der Waals surface area contributed by atoms with E-state index < -0.39 is 0 Å². The number of thiophene rings is 1. The second-order valence-electron chi connectivity index (χ2n) is 4.91. The summed E-state index contributed by atoms with van der Waals surface area (Å²) in [5.41, 5.74) is 1.60. The Bertz CT molecular complexity index is 808. The molecule has 1 amide bonds. The summed E-state index contributed by atoms with van der Waals surface area (Å²) in [7, 11) is 0. The summed E-state index contributed by atoms with van der Waals surface area (Å²) < 4.78 is 5.15. The summed E-state index contributed by atoms with van der Waals surface area (Å²) in [6.07, 6.45) is 1.83. The predicted molar refractivity (Wildman–Crippen MR) is 89.6 cm³/mol. The molecule has 0 fully saturated rings. The quantitative estimate of drug-likeness (QED) is 0.729. The molecule has 0 radical (unpaired) electrons. The van der Waals surface area contributed by atoms with Gasteiger partial charge in [-0.2, -0.15) is 4.98 Å². The van der Waals surface area contributed by atoms with Crippen molar-refractivity contribution in [2.75, 3.05) is 0 Å². The number of carbonyl (C=O) groups excluding carboxylic acids is 1. The molecular weight excluding hydrogens is 310 g/mol. The molecule has 6 heteroatoms. The van der Waals surface area contributed by atoms with E-state index >= 15 is 0 Å². The average Bonchev–Trinajstić information content (AvgIpc) is 3.24. The van der Waals surface area contributed by atoms with Crippen molar-refractivity contribution in [2.24, 2.45) is 0 Å². The molecule has 23 heavy (non-hydrogen) atoms. The second kappa shape index (κ2) is 7.02. The highest BCUT2D eigenvalue weighted by molar-refractivity contribution is 7.13. The van der Waals surface area contributed by atoms with Crippen LogP contribution in [0.25, 0.3) is 16.8 Å². The number of rotatable bonds is 5. The van der Waals surface area contributed by atoms with Crippen LogP contribution in [0.3, 0.4) is 0 Å². The third kappa shape index (κ3) is 3.92. The van der Waals surface area contributed by atoms with Crippen molar-refractivity contribution in [1.82, 2.24) is 15.5 Å². The predicted octanol–water partition coefficient (Wildman–Crippen LogP) is 3.52. The van der Waals surface area contributed by atoms with E-state index in [1.54, 1.807) is 6.92 Å². The molecule has 0 aliphatic rings. The standard InChI is InChI=1S/C17H15N3O2S/c1-12(10-13-6-3-2-4-7-13)17(21)18-11-15-19-16(20-22-15)14-8-5-9-23-14/h2-10H,11H2,1H3,(H,18,21)/b12-10+. The van der Waals surface area contributed by atoms with Crippen molar-refractivity contribution in [3.63, 3.8) is 0 Å². The first-order chi connectivity index (χ1) is 11.2. The minimum Gasteiger partial charge on any atom is -0.343 e. The van der Waals surface area contributed by atoms with Crippen LogP contribution in [0.4, 0.5) is 0 Å². The lowest BCUT2D eigenvalue weighted by molar-refractivity contribution is -0.117. The largest absolute Gasteiger partial charge is 0.343 e. The van der Waals surface area contributed by atoms with E-state index in [-0.39, 0.29) is 12.5 Å². The van der Waals surface area contributed by atoms with Gasteiger partial charge in [-0.3, -0.25) is 4.79 Å². The topological polar surface area (TPSA) is 68.0 Å². The SMILES string of the molecule is C/C(=C\c1ccccc1)C(=O)NCc1nc(-c2cccs2)no1. The van der Waals surface area contributed by atoms with Gasteiger partial charge < -0.3 is 9.84 Å². The molecule has 5 nitrogen and oxygen atoms in total. The van der Waals surface area contributed by atoms with Crippen molar-refractivity contribution >= 4 is 23.3 Å². The summed E-state index contributed by atoms with van der Waals surface area (Å²) in [5, 5.41) is 8.63. The lowest BCUT2D eigenvalue weighted by Crippen LogP contribution is -2.23. The van der Waals surface area contributed by atoms with Gasteiger partial charge in [0, 0.05) is 5.57 Å². The minimum absolute atomic E-state index is 0.162. The van der Waals surface area contributed by atoms with E-state index in [4.69, 9.17) is 4.52 Å². The molecule has 1 aromatic carbocycles. The van der Waals surface area contributed by atoms with Crippen molar-refractivity contribution in [3.8, 4) is 10.7 Å². The molecule has 0 atom stereocenters. The highest BCUT2D eigenvalue weighted by Gasteiger charge is 2.11. The Hall–Kier alpha value is -2.73. The number of hydrogen-bond acceptors (Lipinski definition) is 5. The molecule has 0 spiro atoms. The van der Waals surface area contributed by atoms with Gasteiger partial charge in [-0.25, -0.2) is 0 Å². The van der Waals surface area contributed by atoms with Gasteiger partial charge in [0.05, 0.1) is 11.4 Å². The van der Waals surface area contributed by atoms with Gasteiger partial charge in [0.15, 0.2) is 0 Å². The third-order valence-corrected chi connectivity index (χ3v) is 4.02. The van der Waals surface area contributed by atoms with E-state index in [2.05, 4.69) is 15.5 Å². The van der Waals surface area contributed by atoms with E-state index in [0.29, 0.717) is 17.3 Å². The zero-order valence-electron chi connectivity index (χ0n) is 12.5. The third-order valence-electron chi connectivity index (χ3n) is 3.15. The number of benzene rings is 1. The van der Waals surface area contributed by atoms with E-state index in [9.17, 15) is 4.79 Å². The Morgan fingerprint density at radius 2 is 2.09 bits per heavy atom. The molecule has 3 rings (SSSR count). The first-order valence-electron chi connectivity index (χ1n) is 7.10. The second-order valence-corrected chi connectivity index (χ2v) is 5.86. The molecular formula is C17H15N3O2S. The summed E-state index contributed by atoms with van der Waals surface area (Å²) >= 11 is 1.54. The lowest BCUT2D eigenvalue weighted by atomic mass is 10.1. The Kier molecular flexibility index (Phi) is 4.63. The van der Waals surface area contributed by atoms with E-state index in [0.717, 1.165) is 10.4 Å². The van der Waals surface area contributed by atoms with Gasteiger partial charge in [0.1, 0.15) is 0 Å². The van der Waals surface area contributed by atoms with Gasteiger partial charge in [0.2, 0.25) is 17.6 Å². The smallest absolute Gasteiger partial charge is 0.247 e. The van der Waals surface area contributed by atoms with Crippen molar-refractivity contribution in [3.05, 3.63) is 64.9 Å². The molecule has 2 heterocycles. The summed E-state index contributed by atoms with van der Waals surface area (Å²) in [4.78, 5) is 17.3. The summed E-state index contributed by atoms with van der Waals surface area (Å²) in [6.45, 7) is 1.98. The molecule has 1 N–H and O–H groups in total.